The molecule has 21 heavy (non-hydrogen) atoms. The fourth-order valence-corrected chi connectivity index (χ4v) is 2.05. The summed E-state index contributed by atoms with van der Waals surface area (Å²) in [5.74, 6) is 0.720. The highest BCUT2D eigenvalue weighted by atomic mass is 16.5. The Kier molecular flexibility index (Phi) is 5.30. The molecular weight excluding hydrogens is 262 g/mol. The average molecular weight is 281 g/mol. The zero-order valence-corrected chi connectivity index (χ0v) is 12.3. The lowest BCUT2D eigenvalue weighted by Gasteiger charge is -2.15. The van der Waals surface area contributed by atoms with Crippen LogP contribution in [0.15, 0.2) is 42.7 Å². The molecule has 1 aromatic heterocycles. The summed E-state index contributed by atoms with van der Waals surface area (Å²) >= 11 is 0. The second-order valence-electron chi connectivity index (χ2n) is 4.92. The summed E-state index contributed by atoms with van der Waals surface area (Å²) in [6.07, 6.45) is 3.69. The van der Waals surface area contributed by atoms with Gasteiger partial charge >= 0.3 is 0 Å². The third-order valence-electron chi connectivity index (χ3n) is 3.42. The van der Waals surface area contributed by atoms with E-state index in [1.54, 1.807) is 0 Å². The van der Waals surface area contributed by atoms with E-state index < -0.39 is 0 Å². The number of nitrogens with one attached hydrogen (secondary N) is 1. The van der Waals surface area contributed by atoms with E-state index in [0.717, 1.165) is 12.3 Å². The lowest BCUT2D eigenvalue weighted by Crippen LogP contribution is -2.18. The van der Waals surface area contributed by atoms with E-state index in [1.165, 1.54) is 16.7 Å². The number of aromatic nitrogens is 1. The molecule has 0 saturated heterocycles. The molecule has 0 amide bonds. The molecule has 2 aromatic rings. The van der Waals surface area contributed by atoms with E-state index in [1.807, 2.05) is 48.8 Å². The van der Waals surface area contributed by atoms with Crippen molar-refractivity contribution in [2.75, 3.05) is 6.61 Å². The summed E-state index contributed by atoms with van der Waals surface area (Å²) in [6.45, 7) is 5.08. The van der Waals surface area contributed by atoms with Gasteiger partial charge in [-0.25, -0.2) is 0 Å². The first kappa shape index (κ1) is 15.0. The summed E-state index contributed by atoms with van der Waals surface area (Å²) in [7, 11) is 0. The van der Waals surface area contributed by atoms with Crippen molar-refractivity contribution in [2.24, 2.45) is 0 Å². The fourth-order valence-electron chi connectivity index (χ4n) is 2.05. The lowest BCUT2D eigenvalue weighted by atomic mass is 10.1. The molecule has 2 rings (SSSR count). The maximum absolute atomic E-state index is 8.48. The molecule has 0 bridgehead atoms. The summed E-state index contributed by atoms with van der Waals surface area (Å²) in [5.41, 5.74) is 3.63. The van der Waals surface area contributed by atoms with Gasteiger partial charge in [0.25, 0.3) is 0 Å². The first-order valence-corrected chi connectivity index (χ1v) is 6.93. The Balaban J connectivity index is 1.93. The first-order valence-electron chi connectivity index (χ1n) is 6.93. The Bertz CT molecular complexity index is 617. The Hall–Kier alpha value is -2.38. The van der Waals surface area contributed by atoms with Crippen molar-refractivity contribution in [3.8, 4) is 11.8 Å². The van der Waals surface area contributed by atoms with E-state index in [9.17, 15) is 0 Å². The molecule has 4 heteroatoms. The van der Waals surface area contributed by atoms with Gasteiger partial charge in [-0.05, 0) is 48.7 Å². The van der Waals surface area contributed by atoms with Gasteiger partial charge < -0.3 is 10.1 Å². The van der Waals surface area contributed by atoms with Gasteiger partial charge in [0.15, 0.2) is 6.61 Å². The molecule has 0 spiro atoms. The summed E-state index contributed by atoms with van der Waals surface area (Å²) in [4.78, 5) is 4.10. The highest BCUT2D eigenvalue weighted by molar-refractivity contribution is 5.29. The molecule has 1 heterocycles. The van der Waals surface area contributed by atoms with Gasteiger partial charge in [0, 0.05) is 25.0 Å². The van der Waals surface area contributed by atoms with Gasteiger partial charge in [0.1, 0.15) is 11.8 Å². The van der Waals surface area contributed by atoms with Crippen LogP contribution in [-0.2, 0) is 6.54 Å². The van der Waals surface area contributed by atoms with Crippen LogP contribution in [0.25, 0.3) is 0 Å². The van der Waals surface area contributed by atoms with Gasteiger partial charge in [0.05, 0.1) is 0 Å². The minimum absolute atomic E-state index is 0.0778. The quantitative estimate of drug-likeness (QED) is 0.883. The molecular formula is C17H19N3O. The predicted octanol–water partition coefficient (Wildman–Crippen LogP) is 3.14. The van der Waals surface area contributed by atoms with Crippen LogP contribution in [-0.4, -0.2) is 11.6 Å². The van der Waals surface area contributed by atoms with Crippen LogP contribution >= 0.6 is 0 Å². The first-order chi connectivity index (χ1) is 10.2. The molecule has 0 fully saturated rings. The molecule has 1 N–H and O–H groups in total. The number of nitriles is 1. The predicted molar refractivity (Wildman–Crippen MR) is 81.8 cm³/mol. The van der Waals surface area contributed by atoms with E-state index in [0.29, 0.717) is 0 Å². The monoisotopic (exact) mass is 281 g/mol. The zero-order chi connectivity index (χ0) is 15.1. The Morgan fingerprint density at radius 1 is 1.29 bits per heavy atom. The number of pyridine rings is 1. The molecule has 1 unspecified atom stereocenters. The number of ether oxygens (including phenoxy) is 1. The highest BCUT2D eigenvalue weighted by Gasteiger charge is 2.06. The van der Waals surface area contributed by atoms with E-state index in [4.69, 9.17) is 10.00 Å². The minimum atomic E-state index is 0.0778. The molecule has 0 aliphatic carbocycles. The van der Waals surface area contributed by atoms with E-state index in [2.05, 4.69) is 24.1 Å². The molecule has 1 atom stereocenters. The molecule has 0 aliphatic rings. The van der Waals surface area contributed by atoms with Crippen molar-refractivity contribution in [2.45, 2.75) is 26.4 Å². The SMILES string of the molecule is Cc1cnccc1CNC(C)c1ccc(OCC#N)cc1. The van der Waals surface area contributed by atoms with Crippen LogP contribution in [0.2, 0.25) is 0 Å². The normalized spacial score (nSPS) is 11.7. The van der Waals surface area contributed by atoms with Gasteiger partial charge in [-0.15, -0.1) is 0 Å². The van der Waals surface area contributed by atoms with Crippen LogP contribution in [0.1, 0.15) is 29.7 Å². The van der Waals surface area contributed by atoms with Gasteiger partial charge in [-0.2, -0.15) is 5.26 Å². The van der Waals surface area contributed by atoms with Gasteiger partial charge in [-0.3, -0.25) is 4.98 Å². The summed E-state index contributed by atoms with van der Waals surface area (Å²) in [6, 6.07) is 12.0. The number of rotatable bonds is 6. The smallest absolute Gasteiger partial charge is 0.174 e. The third-order valence-corrected chi connectivity index (χ3v) is 3.42. The second-order valence-corrected chi connectivity index (χ2v) is 4.92. The zero-order valence-electron chi connectivity index (χ0n) is 12.3. The number of benzene rings is 1. The molecule has 1 aromatic carbocycles. The van der Waals surface area contributed by atoms with Crippen molar-refractivity contribution in [3.63, 3.8) is 0 Å². The maximum atomic E-state index is 8.48. The number of hydrogen-bond acceptors (Lipinski definition) is 4. The summed E-state index contributed by atoms with van der Waals surface area (Å²) in [5, 5.41) is 12.0. The van der Waals surface area contributed by atoms with Gasteiger partial charge in [0.2, 0.25) is 0 Å². The number of hydrogen-bond donors (Lipinski definition) is 1. The molecule has 108 valence electrons. The van der Waals surface area contributed by atoms with Crippen molar-refractivity contribution in [1.82, 2.24) is 10.3 Å². The van der Waals surface area contributed by atoms with Crippen molar-refractivity contribution in [1.29, 1.82) is 5.26 Å². The fraction of sp³-hybridized carbons (Fsp3) is 0.294. The molecule has 0 saturated carbocycles. The molecule has 0 aliphatic heterocycles. The van der Waals surface area contributed by atoms with Crippen LogP contribution in [0, 0.1) is 18.3 Å². The van der Waals surface area contributed by atoms with Gasteiger partial charge in [-0.1, -0.05) is 12.1 Å². The Labute approximate surface area is 125 Å². The van der Waals surface area contributed by atoms with Crippen LogP contribution in [0.5, 0.6) is 5.75 Å². The molecule has 4 nitrogen and oxygen atoms in total. The van der Waals surface area contributed by atoms with E-state index in [-0.39, 0.29) is 12.6 Å². The highest BCUT2D eigenvalue weighted by Crippen LogP contribution is 2.18. The Morgan fingerprint density at radius 3 is 2.71 bits per heavy atom. The minimum Gasteiger partial charge on any atom is -0.479 e. The number of aryl methyl sites for hydroxylation is 1. The third kappa shape index (κ3) is 4.30. The van der Waals surface area contributed by atoms with E-state index >= 15 is 0 Å². The average Bonchev–Trinajstić information content (AvgIpc) is 2.52. The maximum Gasteiger partial charge on any atom is 0.174 e. The number of nitrogens with zero attached hydrogens (tertiary/aromatic N) is 2. The Morgan fingerprint density at radius 2 is 2.05 bits per heavy atom. The van der Waals surface area contributed by atoms with Crippen LogP contribution < -0.4 is 10.1 Å². The standard InChI is InChI=1S/C17H19N3O/c1-13-11-19-9-7-16(13)12-20-14(2)15-3-5-17(6-4-15)21-10-8-18/h3-7,9,11,14,20H,10,12H2,1-2H3. The summed E-state index contributed by atoms with van der Waals surface area (Å²) < 4.78 is 5.25. The van der Waals surface area contributed by atoms with Crippen molar-refractivity contribution >= 4 is 0 Å². The second kappa shape index (κ2) is 7.41. The van der Waals surface area contributed by atoms with Crippen LogP contribution in [0.3, 0.4) is 0 Å². The largest absolute Gasteiger partial charge is 0.479 e. The van der Waals surface area contributed by atoms with Crippen molar-refractivity contribution < 1.29 is 4.74 Å². The van der Waals surface area contributed by atoms with Crippen LogP contribution in [0.4, 0.5) is 0 Å². The van der Waals surface area contributed by atoms with Crippen molar-refractivity contribution in [3.05, 3.63) is 59.4 Å². The topological polar surface area (TPSA) is 57.9 Å². The molecule has 0 radical (unpaired) electrons. The lowest BCUT2D eigenvalue weighted by molar-refractivity contribution is 0.368.